The Morgan fingerprint density at radius 2 is 1.95 bits per heavy atom. The van der Waals surface area contributed by atoms with Gasteiger partial charge in [0.25, 0.3) is 0 Å². The van der Waals surface area contributed by atoms with E-state index in [1.807, 2.05) is 6.07 Å². The Morgan fingerprint density at radius 1 is 1.25 bits per heavy atom. The summed E-state index contributed by atoms with van der Waals surface area (Å²) >= 11 is 0. The van der Waals surface area contributed by atoms with Gasteiger partial charge in [-0.3, -0.25) is 4.79 Å². The van der Waals surface area contributed by atoms with Gasteiger partial charge >= 0.3 is 6.18 Å². The van der Waals surface area contributed by atoms with Gasteiger partial charge in [-0.15, -0.1) is 0 Å². The van der Waals surface area contributed by atoms with Gasteiger partial charge in [-0.2, -0.15) is 13.2 Å². The predicted octanol–water partition coefficient (Wildman–Crippen LogP) is 2.50. The third-order valence-corrected chi connectivity index (χ3v) is 3.33. The third-order valence-electron chi connectivity index (χ3n) is 3.33. The molecule has 1 fully saturated rings. The van der Waals surface area contributed by atoms with Crippen LogP contribution in [0.2, 0.25) is 0 Å². The van der Waals surface area contributed by atoms with Crippen LogP contribution in [0.15, 0.2) is 30.3 Å². The van der Waals surface area contributed by atoms with Crippen LogP contribution in [0.4, 0.5) is 13.2 Å². The zero-order valence-electron chi connectivity index (χ0n) is 11.0. The molecule has 2 rings (SSSR count). The van der Waals surface area contributed by atoms with Gasteiger partial charge in [-0.1, -0.05) is 30.3 Å². The van der Waals surface area contributed by atoms with Crippen LogP contribution in [0.3, 0.4) is 0 Å². The maximum absolute atomic E-state index is 12.4. The predicted molar refractivity (Wildman–Crippen MR) is 69.1 cm³/mol. The zero-order chi connectivity index (χ0) is 14.6. The number of amides is 1. The van der Waals surface area contributed by atoms with Crippen molar-refractivity contribution in [1.82, 2.24) is 10.2 Å². The van der Waals surface area contributed by atoms with E-state index < -0.39 is 18.8 Å². The number of hydrogen-bond acceptors (Lipinski definition) is 2. The average Bonchev–Trinajstić information content (AvgIpc) is 2.80. The lowest BCUT2D eigenvalue weighted by atomic mass is 10.1. The molecule has 0 aromatic heterocycles. The van der Waals surface area contributed by atoms with Crippen molar-refractivity contribution in [2.24, 2.45) is 0 Å². The van der Waals surface area contributed by atoms with Crippen molar-refractivity contribution >= 4 is 5.91 Å². The number of hydrogen-bond donors (Lipinski definition) is 1. The summed E-state index contributed by atoms with van der Waals surface area (Å²) in [5.74, 6) is 0.0136. The normalized spacial score (nSPS) is 17.6. The average molecular weight is 286 g/mol. The van der Waals surface area contributed by atoms with Crippen LogP contribution < -0.4 is 5.32 Å². The van der Waals surface area contributed by atoms with Gasteiger partial charge < -0.3 is 10.2 Å². The summed E-state index contributed by atoms with van der Waals surface area (Å²) in [4.78, 5) is 13.2. The van der Waals surface area contributed by atoms with Crippen LogP contribution in [0, 0.1) is 0 Å². The number of nitrogens with one attached hydrogen (secondary N) is 1. The van der Waals surface area contributed by atoms with Crippen molar-refractivity contribution < 1.29 is 18.0 Å². The Bertz CT molecular complexity index is 447. The van der Waals surface area contributed by atoms with Crippen LogP contribution in [-0.4, -0.2) is 36.6 Å². The highest BCUT2D eigenvalue weighted by Crippen LogP contribution is 2.20. The zero-order valence-corrected chi connectivity index (χ0v) is 11.0. The van der Waals surface area contributed by atoms with Crippen molar-refractivity contribution in [3.8, 4) is 0 Å². The number of alkyl halides is 3. The Kier molecular flexibility index (Phi) is 4.65. The fourth-order valence-corrected chi connectivity index (χ4v) is 2.33. The fraction of sp³-hybridized carbons (Fsp3) is 0.500. The second kappa shape index (κ2) is 6.26. The van der Waals surface area contributed by atoms with Crippen LogP contribution in [0.5, 0.6) is 0 Å². The summed E-state index contributed by atoms with van der Waals surface area (Å²) in [5, 5.41) is 2.50. The standard InChI is InChI=1S/C14H17F3N2O/c15-14(16,17)10-18-12(11-5-2-1-3-6-11)9-19-8-4-7-13(19)20/h1-3,5-6,12,18H,4,7-10H2/t12-/m0/s1. The molecule has 110 valence electrons. The second-order valence-electron chi connectivity index (χ2n) is 4.90. The molecule has 6 heteroatoms. The summed E-state index contributed by atoms with van der Waals surface area (Å²) in [6.45, 7) is -0.163. The van der Waals surface area contributed by atoms with Crippen molar-refractivity contribution in [2.45, 2.75) is 25.1 Å². The van der Waals surface area contributed by atoms with E-state index in [-0.39, 0.29) is 12.5 Å². The molecule has 1 aromatic rings. The molecular formula is C14H17F3N2O. The van der Waals surface area contributed by atoms with Gasteiger partial charge in [0.2, 0.25) is 5.91 Å². The van der Waals surface area contributed by atoms with Gasteiger partial charge in [0.15, 0.2) is 0 Å². The van der Waals surface area contributed by atoms with Gasteiger partial charge in [0.1, 0.15) is 0 Å². The molecule has 20 heavy (non-hydrogen) atoms. The minimum absolute atomic E-state index is 0.0136. The number of likely N-dealkylation sites (tertiary alicyclic amines) is 1. The first-order chi connectivity index (χ1) is 9.46. The minimum Gasteiger partial charge on any atom is -0.341 e. The first-order valence-corrected chi connectivity index (χ1v) is 6.58. The van der Waals surface area contributed by atoms with Gasteiger partial charge in [0, 0.05) is 19.5 Å². The van der Waals surface area contributed by atoms with E-state index in [0.717, 1.165) is 12.0 Å². The van der Waals surface area contributed by atoms with E-state index >= 15 is 0 Å². The van der Waals surface area contributed by atoms with E-state index in [2.05, 4.69) is 5.32 Å². The van der Waals surface area contributed by atoms with Gasteiger partial charge in [-0.25, -0.2) is 0 Å². The molecule has 0 spiro atoms. The van der Waals surface area contributed by atoms with Gasteiger partial charge in [0.05, 0.1) is 12.6 Å². The van der Waals surface area contributed by atoms with E-state index in [9.17, 15) is 18.0 Å². The lowest BCUT2D eigenvalue weighted by Crippen LogP contribution is -2.39. The lowest BCUT2D eigenvalue weighted by molar-refractivity contribution is -0.129. The summed E-state index contributed by atoms with van der Waals surface area (Å²) in [7, 11) is 0. The van der Waals surface area contributed by atoms with Crippen LogP contribution in [0.25, 0.3) is 0 Å². The summed E-state index contributed by atoms with van der Waals surface area (Å²) in [6.07, 6.45) is -3.00. The topological polar surface area (TPSA) is 32.3 Å². The van der Waals surface area contributed by atoms with E-state index in [4.69, 9.17) is 0 Å². The number of benzene rings is 1. The molecule has 0 saturated carbocycles. The molecule has 1 aliphatic rings. The van der Waals surface area contributed by atoms with Crippen LogP contribution in [-0.2, 0) is 4.79 Å². The molecule has 1 saturated heterocycles. The molecule has 1 atom stereocenters. The third kappa shape index (κ3) is 4.23. The highest BCUT2D eigenvalue weighted by Gasteiger charge is 2.30. The highest BCUT2D eigenvalue weighted by molar-refractivity contribution is 5.78. The van der Waals surface area contributed by atoms with Gasteiger partial charge in [-0.05, 0) is 12.0 Å². The van der Waals surface area contributed by atoms with Crippen molar-refractivity contribution in [1.29, 1.82) is 0 Å². The number of halogens is 3. The van der Waals surface area contributed by atoms with E-state index in [1.165, 1.54) is 0 Å². The number of carbonyl (C=O) groups excluding carboxylic acids is 1. The van der Waals surface area contributed by atoms with Crippen molar-refractivity contribution in [3.63, 3.8) is 0 Å². The Labute approximate surface area is 115 Å². The molecule has 1 N–H and O–H groups in total. The molecule has 0 bridgehead atoms. The Hall–Kier alpha value is -1.56. The summed E-state index contributed by atoms with van der Waals surface area (Å²) in [5.41, 5.74) is 0.761. The summed E-state index contributed by atoms with van der Waals surface area (Å²) < 4.78 is 37.1. The molecule has 0 aliphatic carbocycles. The SMILES string of the molecule is O=C1CCCN1C[C@H](NCC(F)(F)F)c1ccccc1. The molecule has 0 unspecified atom stereocenters. The van der Waals surface area contributed by atoms with E-state index in [1.54, 1.807) is 29.2 Å². The number of carbonyl (C=O) groups is 1. The maximum atomic E-state index is 12.4. The first kappa shape index (κ1) is 14.8. The number of rotatable bonds is 5. The van der Waals surface area contributed by atoms with Crippen LogP contribution in [0.1, 0.15) is 24.4 Å². The lowest BCUT2D eigenvalue weighted by Gasteiger charge is -2.25. The minimum atomic E-state index is -4.26. The summed E-state index contributed by atoms with van der Waals surface area (Å²) in [6, 6.07) is 8.42. The maximum Gasteiger partial charge on any atom is 0.401 e. The Balaban J connectivity index is 2.05. The van der Waals surface area contributed by atoms with Crippen molar-refractivity contribution in [3.05, 3.63) is 35.9 Å². The molecule has 1 heterocycles. The monoisotopic (exact) mass is 286 g/mol. The molecule has 0 radical (unpaired) electrons. The highest BCUT2D eigenvalue weighted by atomic mass is 19.4. The molecule has 3 nitrogen and oxygen atoms in total. The smallest absolute Gasteiger partial charge is 0.341 e. The first-order valence-electron chi connectivity index (χ1n) is 6.58. The second-order valence-corrected chi connectivity index (χ2v) is 4.90. The fourth-order valence-electron chi connectivity index (χ4n) is 2.33. The van der Waals surface area contributed by atoms with Crippen molar-refractivity contribution in [2.75, 3.05) is 19.6 Å². The van der Waals surface area contributed by atoms with E-state index in [0.29, 0.717) is 13.0 Å². The molecule has 1 aromatic carbocycles. The van der Waals surface area contributed by atoms with Crippen LogP contribution >= 0.6 is 0 Å². The number of nitrogens with zero attached hydrogens (tertiary/aromatic N) is 1. The quantitative estimate of drug-likeness (QED) is 0.902. The molecule has 1 amide bonds. The molecular weight excluding hydrogens is 269 g/mol. The largest absolute Gasteiger partial charge is 0.401 e. The Morgan fingerprint density at radius 3 is 2.50 bits per heavy atom. The molecule has 1 aliphatic heterocycles.